The number of hydrogen-bond donors (Lipinski definition) is 0. The average Bonchev–Trinajstić information content (AvgIpc) is 2.27. The van der Waals surface area contributed by atoms with Crippen molar-refractivity contribution in [2.24, 2.45) is 0 Å². The smallest absolute Gasteiger partial charge is 0.0148 e. The monoisotopic (exact) mass is 202 g/mol. The van der Waals surface area contributed by atoms with Gasteiger partial charge in [0.1, 0.15) is 0 Å². The van der Waals surface area contributed by atoms with Crippen molar-refractivity contribution < 1.29 is 0 Å². The second-order valence-corrected chi connectivity index (χ2v) is 4.17. The third-order valence-corrected chi connectivity index (χ3v) is 3.37. The van der Waals surface area contributed by atoms with E-state index in [-0.39, 0.29) is 0 Å². The van der Waals surface area contributed by atoms with Crippen LogP contribution in [0, 0.1) is 0 Å². The summed E-state index contributed by atoms with van der Waals surface area (Å²) >= 11 is 1.82. The van der Waals surface area contributed by atoms with E-state index in [1.54, 1.807) is 0 Å². The van der Waals surface area contributed by atoms with Gasteiger partial charge in [-0.1, -0.05) is 37.3 Å². The molecule has 2 aromatic rings. The lowest BCUT2D eigenvalue weighted by molar-refractivity contribution is 1.15. The molecule has 0 bridgehead atoms. The van der Waals surface area contributed by atoms with Crippen molar-refractivity contribution in [2.75, 3.05) is 6.26 Å². The molecule has 0 amide bonds. The minimum absolute atomic E-state index is 1.11. The maximum Gasteiger partial charge on any atom is 0.0148 e. The van der Waals surface area contributed by atoms with E-state index in [1.807, 2.05) is 11.8 Å². The summed E-state index contributed by atoms with van der Waals surface area (Å²) in [5.74, 6) is 0. The van der Waals surface area contributed by atoms with Crippen LogP contribution in [-0.2, 0) is 6.42 Å². The van der Waals surface area contributed by atoms with Crippen molar-refractivity contribution in [2.45, 2.75) is 18.2 Å². The van der Waals surface area contributed by atoms with E-state index in [9.17, 15) is 0 Å². The fraction of sp³-hybridized carbons (Fsp3) is 0.231. The van der Waals surface area contributed by atoms with Gasteiger partial charge in [-0.05, 0) is 35.1 Å². The zero-order valence-corrected chi connectivity index (χ0v) is 9.40. The van der Waals surface area contributed by atoms with Crippen LogP contribution in [0.2, 0.25) is 0 Å². The first kappa shape index (κ1) is 9.60. The molecule has 0 aromatic heterocycles. The molecule has 2 aromatic carbocycles. The number of benzene rings is 2. The van der Waals surface area contributed by atoms with Crippen LogP contribution in [0.15, 0.2) is 41.3 Å². The third-order valence-electron chi connectivity index (χ3n) is 2.58. The van der Waals surface area contributed by atoms with E-state index in [2.05, 4.69) is 49.6 Å². The van der Waals surface area contributed by atoms with Gasteiger partial charge in [-0.15, -0.1) is 11.8 Å². The van der Waals surface area contributed by atoms with E-state index in [1.165, 1.54) is 21.2 Å². The van der Waals surface area contributed by atoms with Crippen LogP contribution in [0.3, 0.4) is 0 Å². The largest absolute Gasteiger partial charge is 0.129 e. The van der Waals surface area contributed by atoms with Crippen LogP contribution in [0.5, 0.6) is 0 Å². The summed E-state index contributed by atoms with van der Waals surface area (Å²) in [6, 6.07) is 13.1. The summed E-state index contributed by atoms with van der Waals surface area (Å²) in [4.78, 5) is 1.37. The molecule has 0 unspecified atom stereocenters. The number of rotatable bonds is 2. The van der Waals surface area contributed by atoms with E-state index in [4.69, 9.17) is 0 Å². The van der Waals surface area contributed by atoms with Crippen LogP contribution in [-0.4, -0.2) is 6.26 Å². The Hall–Kier alpha value is -0.950. The molecule has 1 heteroatoms. The Morgan fingerprint density at radius 2 is 1.71 bits per heavy atom. The Morgan fingerprint density at radius 3 is 2.36 bits per heavy atom. The predicted octanol–water partition coefficient (Wildman–Crippen LogP) is 4.12. The molecule has 0 aliphatic rings. The summed E-state index contributed by atoms with van der Waals surface area (Å²) in [5, 5.41) is 2.79. The molecule has 0 spiro atoms. The highest BCUT2D eigenvalue weighted by molar-refractivity contribution is 7.98. The lowest BCUT2D eigenvalue weighted by Gasteiger charge is -2.07. The van der Waals surface area contributed by atoms with Crippen molar-refractivity contribution in [3.05, 3.63) is 42.0 Å². The highest BCUT2D eigenvalue weighted by Gasteiger charge is 2.02. The molecule has 0 aliphatic heterocycles. The number of fused-ring (bicyclic) bond motifs is 1. The van der Waals surface area contributed by atoms with Crippen molar-refractivity contribution >= 4 is 22.5 Å². The molecule has 14 heavy (non-hydrogen) atoms. The van der Waals surface area contributed by atoms with Crippen LogP contribution in [0.4, 0.5) is 0 Å². The predicted molar refractivity (Wildman–Crippen MR) is 65.1 cm³/mol. The van der Waals surface area contributed by atoms with Gasteiger partial charge in [-0.3, -0.25) is 0 Å². The molecule has 72 valence electrons. The Balaban J connectivity index is 2.78. The van der Waals surface area contributed by atoms with Gasteiger partial charge in [0.05, 0.1) is 0 Å². The number of thioether (sulfide) groups is 1. The van der Waals surface area contributed by atoms with E-state index in [0.29, 0.717) is 0 Å². The fourth-order valence-electron chi connectivity index (χ4n) is 1.82. The Morgan fingerprint density at radius 1 is 1.00 bits per heavy atom. The normalized spacial score (nSPS) is 10.7. The van der Waals surface area contributed by atoms with Gasteiger partial charge >= 0.3 is 0 Å². The summed E-state index contributed by atoms with van der Waals surface area (Å²) in [7, 11) is 0. The SMILES string of the molecule is CCc1ccc(SC)c2ccccc12. The number of hydrogen-bond acceptors (Lipinski definition) is 1. The summed E-state index contributed by atoms with van der Waals surface area (Å²) < 4.78 is 0. The average molecular weight is 202 g/mol. The zero-order valence-electron chi connectivity index (χ0n) is 8.58. The molecule has 0 aliphatic carbocycles. The van der Waals surface area contributed by atoms with Gasteiger partial charge < -0.3 is 0 Å². The molecule has 0 saturated carbocycles. The number of aryl methyl sites for hydroxylation is 1. The summed E-state index contributed by atoms with van der Waals surface area (Å²) in [6.07, 6.45) is 3.24. The van der Waals surface area contributed by atoms with E-state index in [0.717, 1.165) is 6.42 Å². The molecule has 0 N–H and O–H groups in total. The third kappa shape index (κ3) is 1.53. The Kier molecular flexibility index (Phi) is 2.78. The summed E-state index contributed by atoms with van der Waals surface area (Å²) in [5.41, 5.74) is 1.44. The fourth-order valence-corrected chi connectivity index (χ4v) is 2.42. The highest BCUT2D eigenvalue weighted by Crippen LogP contribution is 2.28. The first-order valence-electron chi connectivity index (χ1n) is 4.91. The van der Waals surface area contributed by atoms with E-state index < -0.39 is 0 Å². The van der Waals surface area contributed by atoms with Crippen molar-refractivity contribution in [1.82, 2.24) is 0 Å². The van der Waals surface area contributed by atoms with Gasteiger partial charge in [0.2, 0.25) is 0 Å². The second-order valence-electron chi connectivity index (χ2n) is 3.33. The molecule has 0 nitrogen and oxygen atoms in total. The van der Waals surface area contributed by atoms with Crippen molar-refractivity contribution in [3.63, 3.8) is 0 Å². The minimum atomic E-state index is 1.11. The van der Waals surface area contributed by atoms with Gasteiger partial charge in [-0.2, -0.15) is 0 Å². The lowest BCUT2D eigenvalue weighted by atomic mass is 10.0. The van der Waals surface area contributed by atoms with Crippen LogP contribution in [0.25, 0.3) is 10.8 Å². The molecular weight excluding hydrogens is 188 g/mol. The lowest BCUT2D eigenvalue weighted by Crippen LogP contribution is -1.85. The van der Waals surface area contributed by atoms with Gasteiger partial charge in [0.15, 0.2) is 0 Å². The maximum absolute atomic E-state index is 2.24. The van der Waals surface area contributed by atoms with Gasteiger partial charge in [0.25, 0.3) is 0 Å². The zero-order chi connectivity index (χ0) is 9.97. The molecule has 0 saturated heterocycles. The quantitative estimate of drug-likeness (QED) is 0.660. The minimum Gasteiger partial charge on any atom is -0.129 e. The first-order chi connectivity index (χ1) is 6.86. The van der Waals surface area contributed by atoms with Crippen LogP contribution in [0.1, 0.15) is 12.5 Å². The Bertz CT molecular complexity index is 403. The van der Waals surface area contributed by atoms with E-state index >= 15 is 0 Å². The van der Waals surface area contributed by atoms with Gasteiger partial charge in [-0.25, -0.2) is 0 Å². The highest BCUT2D eigenvalue weighted by atomic mass is 32.2. The van der Waals surface area contributed by atoms with Gasteiger partial charge in [0, 0.05) is 4.90 Å². The molecule has 2 rings (SSSR count). The molecule has 0 heterocycles. The maximum atomic E-state index is 2.24. The van der Waals surface area contributed by atoms with Crippen molar-refractivity contribution in [3.8, 4) is 0 Å². The topological polar surface area (TPSA) is 0 Å². The molecular formula is C13H14S. The molecule has 0 fully saturated rings. The van der Waals surface area contributed by atoms with Crippen LogP contribution >= 0.6 is 11.8 Å². The molecule has 0 radical (unpaired) electrons. The summed E-state index contributed by atoms with van der Waals surface area (Å²) in [6.45, 7) is 2.21. The van der Waals surface area contributed by atoms with Crippen LogP contribution < -0.4 is 0 Å². The Labute approximate surface area is 89.3 Å². The first-order valence-corrected chi connectivity index (χ1v) is 6.14. The standard InChI is InChI=1S/C13H14S/c1-3-10-8-9-13(14-2)12-7-5-4-6-11(10)12/h4-9H,3H2,1-2H3. The molecule has 0 atom stereocenters. The van der Waals surface area contributed by atoms with Crippen molar-refractivity contribution in [1.29, 1.82) is 0 Å². The second kappa shape index (κ2) is 4.05.